The highest BCUT2D eigenvalue weighted by Gasteiger charge is 2.23. The first kappa shape index (κ1) is 32.1. The molecule has 0 radical (unpaired) electrons. The minimum absolute atomic E-state index is 0.0424. The van der Waals surface area contributed by atoms with Crippen molar-refractivity contribution < 1.29 is 22.7 Å². The van der Waals surface area contributed by atoms with Crippen molar-refractivity contribution in [1.29, 1.82) is 0 Å². The summed E-state index contributed by atoms with van der Waals surface area (Å²) < 4.78 is 45.5. The number of carbonyl (C=O) groups excluding carboxylic acids is 1. The molecule has 11 nitrogen and oxygen atoms in total. The van der Waals surface area contributed by atoms with Crippen LogP contribution in [0.1, 0.15) is 38.7 Å². The van der Waals surface area contributed by atoms with Crippen LogP contribution in [0, 0.1) is 12.7 Å². The van der Waals surface area contributed by atoms with E-state index in [0.29, 0.717) is 16.6 Å². The fraction of sp³-hybridized carbons (Fsp3) is 0.455. The summed E-state index contributed by atoms with van der Waals surface area (Å²) in [5, 5.41) is 8.64. The number of rotatable bonds is 10. The molecule has 0 spiro atoms. The third-order valence-corrected chi connectivity index (χ3v) is 5.59. The van der Waals surface area contributed by atoms with E-state index in [4.69, 9.17) is 39.5 Å². The molecule has 0 saturated carbocycles. The number of aryl methyl sites for hydroxylation is 1. The van der Waals surface area contributed by atoms with E-state index in [0.717, 1.165) is 25.2 Å². The molecule has 2 aromatic heterocycles. The molecule has 1 atom stereocenters. The van der Waals surface area contributed by atoms with Gasteiger partial charge in [0.25, 0.3) is 0 Å². The summed E-state index contributed by atoms with van der Waals surface area (Å²) in [6.07, 6.45) is -0.115. The highest BCUT2D eigenvalue weighted by atomic mass is 35.5. The Morgan fingerprint density at radius 3 is 2.15 bits per heavy atom. The maximum absolute atomic E-state index is 14.2. The lowest BCUT2D eigenvalue weighted by Crippen LogP contribution is -2.25. The van der Waals surface area contributed by atoms with Crippen molar-refractivity contribution >= 4 is 52.7 Å². The van der Waals surface area contributed by atoms with Crippen molar-refractivity contribution in [2.24, 2.45) is 0 Å². The summed E-state index contributed by atoms with van der Waals surface area (Å²) >= 11 is 17.6. The number of esters is 1. The first-order chi connectivity index (χ1) is 18.4. The van der Waals surface area contributed by atoms with Crippen LogP contribution in [-0.2, 0) is 16.0 Å². The summed E-state index contributed by atoms with van der Waals surface area (Å²) in [6, 6.07) is 2.03. The van der Waals surface area contributed by atoms with Gasteiger partial charge in [-0.3, -0.25) is 4.79 Å². The van der Waals surface area contributed by atoms with Gasteiger partial charge in [0.1, 0.15) is 16.9 Å². The van der Waals surface area contributed by atoms with Crippen LogP contribution in [0.15, 0.2) is 16.9 Å². The van der Waals surface area contributed by atoms with Gasteiger partial charge in [0.2, 0.25) is 17.2 Å². The largest absolute Gasteiger partial charge is 0.465 e. The highest BCUT2D eigenvalue weighted by Crippen LogP contribution is 2.25. The quantitative estimate of drug-likeness (QED) is 0.248. The summed E-state index contributed by atoms with van der Waals surface area (Å²) in [4.78, 5) is 35.6. The third-order valence-electron chi connectivity index (χ3n) is 4.74. The predicted molar refractivity (Wildman–Crippen MR) is 142 cm³/mol. The van der Waals surface area contributed by atoms with Gasteiger partial charge in [0.15, 0.2) is 5.82 Å². The number of hydrogen-bond donors (Lipinski definition) is 2. The standard InChI is InChI=1S/C15H14Cl2F3N3O3.C7H12ClN5/c1-3-26-13(24)10(17)4-8-5-12(11(18)6-9(8)16)23-15(25)22(14(19)20)7(2)21-23;1-3-9-6-11-5(8)12-7(13-6)10-4-2/h5-6,10,14H,3-4H2,1-2H3;3-4H2,1-2H3,(H2,9,10,11,12,13). The Balaban J connectivity index is 0.000000344. The van der Waals surface area contributed by atoms with Crippen LogP contribution in [0.5, 0.6) is 0 Å². The van der Waals surface area contributed by atoms with Crippen LogP contribution in [0.4, 0.5) is 25.1 Å². The Kier molecular flexibility index (Phi) is 12.3. The Labute approximate surface area is 236 Å². The zero-order valence-electron chi connectivity index (χ0n) is 21.3. The summed E-state index contributed by atoms with van der Waals surface area (Å²) in [6.45, 7) is 5.24. The third kappa shape index (κ3) is 8.70. The lowest BCUT2D eigenvalue weighted by molar-refractivity contribution is -0.142. The molecule has 0 bridgehead atoms. The molecule has 3 rings (SSSR count). The van der Waals surface area contributed by atoms with Crippen molar-refractivity contribution in [1.82, 2.24) is 29.3 Å². The number of aromatic nitrogens is 6. The molecule has 214 valence electrons. The van der Waals surface area contributed by atoms with Gasteiger partial charge in [-0.05, 0) is 57.0 Å². The number of nitrogens with zero attached hydrogens (tertiary/aromatic N) is 6. The molecule has 1 unspecified atom stereocenters. The maximum Gasteiger partial charge on any atom is 0.355 e. The molecule has 0 aliphatic carbocycles. The molecule has 0 aliphatic rings. The van der Waals surface area contributed by atoms with Gasteiger partial charge in [0.05, 0.1) is 6.61 Å². The second-order valence-corrected chi connectivity index (χ2v) is 8.79. The first-order valence-corrected chi connectivity index (χ1v) is 12.8. The van der Waals surface area contributed by atoms with Gasteiger partial charge in [-0.2, -0.15) is 28.4 Å². The second kappa shape index (κ2) is 14.9. The monoisotopic (exact) mass is 612 g/mol. The average Bonchev–Trinajstić information content (AvgIpc) is 3.15. The summed E-state index contributed by atoms with van der Waals surface area (Å²) in [5.74, 6) is -0.923. The fourth-order valence-electron chi connectivity index (χ4n) is 3.09. The SMILES string of the molecule is CCNc1nc(Cl)nc(NCC)n1.CCOC(=O)C(Cl)Cc1cc(-n2nc(C)n(C(F)F)c2=O)c(F)cc1Cl. The number of hydrogen-bond acceptors (Lipinski definition) is 9. The van der Waals surface area contributed by atoms with Crippen molar-refractivity contribution in [3.8, 4) is 5.69 Å². The molecule has 17 heteroatoms. The molecule has 2 N–H and O–H groups in total. The van der Waals surface area contributed by atoms with Crippen molar-refractivity contribution in [2.75, 3.05) is 30.3 Å². The zero-order chi connectivity index (χ0) is 29.3. The lowest BCUT2D eigenvalue weighted by Gasteiger charge is -2.12. The molecule has 0 saturated heterocycles. The lowest BCUT2D eigenvalue weighted by atomic mass is 10.1. The second-order valence-electron chi connectivity index (χ2n) is 7.52. The molecule has 0 amide bonds. The van der Waals surface area contributed by atoms with E-state index < -0.39 is 29.4 Å². The van der Waals surface area contributed by atoms with Gasteiger partial charge in [-0.25, -0.2) is 13.8 Å². The number of halogens is 6. The number of benzene rings is 1. The van der Waals surface area contributed by atoms with E-state index in [1.165, 1.54) is 6.92 Å². The van der Waals surface area contributed by atoms with Gasteiger partial charge >= 0.3 is 18.2 Å². The van der Waals surface area contributed by atoms with Crippen LogP contribution in [0.25, 0.3) is 5.69 Å². The van der Waals surface area contributed by atoms with Crippen molar-refractivity contribution in [2.45, 2.75) is 46.0 Å². The van der Waals surface area contributed by atoms with Crippen LogP contribution in [0.2, 0.25) is 10.3 Å². The van der Waals surface area contributed by atoms with Crippen molar-refractivity contribution in [3.63, 3.8) is 0 Å². The van der Waals surface area contributed by atoms with Gasteiger partial charge in [-0.15, -0.1) is 16.7 Å². The molecule has 0 aliphatic heterocycles. The molecule has 0 fully saturated rings. The smallest absolute Gasteiger partial charge is 0.355 e. The predicted octanol–water partition coefficient (Wildman–Crippen LogP) is 4.63. The van der Waals surface area contributed by atoms with E-state index in [-0.39, 0.29) is 45.0 Å². The van der Waals surface area contributed by atoms with Gasteiger partial charge < -0.3 is 15.4 Å². The molecular weight excluding hydrogens is 588 g/mol. The Morgan fingerprint density at radius 1 is 1.08 bits per heavy atom. The minimum Gasteiger partial charge on any atom is -0.465 e. The zero-order valence-corrected chi connectivity index (χ0v) is 23.6. The number of alkyl halides is 3. The molecule has 39 heavy (non-hydrogen) atoms. The van der Waals surface area contributed by atoms with E-state index >= 15 is 0 Å². The van der Waals surface area contributed by atoms with Crippen LogP contribution in [-0.4, -0.2) is 60.3 Å². The van der Waals surface area contributed by atoms with E-state index in [1.807, 2.05) is 13.8 Å². The topological polar surface area (TPSA) is 129 Å². The Bertz CT molecular complexity index is 1320. The van der Waals surface area contributed by atoms with Gasteiger partial charge in [0, 0.05) is 24.5 Å². The normalized spacial score (nSPS) is 11.6. The van der Waals surface area contributed by atoms with E-state index in [1.54, 1.807) is 6.92 Å². The van der Waals surface area contributed by atoms with Crippen LogP contribution >= 0.6 is 34.8 Å². The molecule has 3 aromatic rings. The van der Waals surface area contributed by atoms with Crippen LogP contribution in [0.3, 0.4) is 0 Å². The summed E-state index contributed by atoms with van der Waals surface area (Å²) in [7, 11) is 0. The Morgan fingerprint density at radius 2 is 1.67 bits per heavy atom. The van der Waals surface area contributed by atoms with Gasteiger partial charge in [-0.1, -0.05) is 11.6 Å². The van der Waals surface area contributed by atoms with E-state index in [9.17, 15) is 22.8 Å². The van der Waals surface area contributed by atoms with Crippen LogP contribution < -0.4 is 16.3 Å². The first-order valence-electron chi connectivity index (χ1n) is 11.6. The highest BCUT2D eigenvalue weighted by molar-refractivity contribution is 6.32. The molecule has 2 heterocycles. The number of carbonyl (C=O) groups is 1. The van der Waals surface area contributed by atoms with Crippen molar-refractivity contribution in [3.05, 3.63) is 50.1 Å². The maximum atomic E-state index is 14.2. The Hall–Kier alpha value is -3.10. The average molecular weight is 614 g/mol. The minimum atomic E-state index is -3.12. The molecular formula is C22H26Cl3F3N8O3. The number of anilines is 2. The number of nitrogens with one attached hydrogen (secondary N) is 2. The molecule has 1 aromatic carbocycles. The summed E-state index contributed by atoms with van der Waals surface area (Å²) in [5.41, 5.74) is -1.37. The number of ether oxygens (including phenoxy) is 1. The van der Waals surface area contributed by atoms with E-state index in [2.05, 4.69) is 30.7 Å². The fourth-order valence-corrected chi connectivity index (χ4v) is 3.71.